The Bertz CT molecular complexity index is 363. The molecule has 0 radical (unpaired) electrons. The minimum absolute atomic E-state index is 0.0495. The van der Waals surface area contributed by atoms with E-state index >= 15 is 0 Å². The molecule has 2 nitrogen and oxygen atoms in total. The summed E-state index contributed by atoms with van der Waals surface area (Å²) in [5, 5.41) is 0. The first-order valence-electron chi connectivity index (χ1n) is 6.11. The highest BCUT2D eigenvalue weighted by Gasteiger charge is 2.10. The Morgan fingerprint density at radius 3 is 2.35 bits per heavy atom. The fourth-order valence-corrected chi connectivity index (χ4v) is 2.31. The van der Waals surface area contributed by atoms with Crippen LogP contribution in [0.5, 0.6) is 5.75 Å². The zero-order valence-corrected chi connectivity index (χ0v) is 12.6. The lowest BCUT2D eigenvalue weighted by Gasteiger charge is -2.18. The van der Waals surface area contributed by atoms with E-state index in [0.29, 0.717) is 5.92 Å². The van der Waals surface area contributed by atoms with E-state index in [1.165, 1.54) is 0 Å². The van der Waals surface area contributed by atoms with Crippen molar-refractivity contribution < 1.29 is 4.74 Å². The lowest BCUT2D eigenvalue weighted by atomic mass is 10.1. The van der Waals surface area contributed by atoms with Crippen molar-refractivity contribution in [1.82, 2.24) is 0 Å². The maximum Gasteiger partial charge on any atom is 0.133 e. The predicted octanol–water partition coefficient (Wildman–Crippen LogP) is 4.28. The van der Waals surface area contributed by atoms with E-state index in [1.54, 1.807) is 0 Å². The first-order chi connectivity index (χ1) is 7.90. The van der Waals surface area contributed by atoms with Gasteiger partial charge in [0.2, 0.25) is 0 Å². The zero-order valence-electron chi connectivity index (χ0n) is 11.0. The van der Waals surface area contributed by atoms with E-state index in [-0.39, 0.29) is 12.1 Å². The maximum absolute atomic E-state index is 5.90. The topological polar surface area (TPSA) is 35.2 Å². The van der Waals surface area contributed by atoms with Gasteiger partial charge >= 0.3 is 0 Å². The summed E-state index contributed by atoms with van der Waals surface area (Å²) in [5.74, 6) is 1.54. The molecule has 1 rings (SSSR count). The van der Waals surface area contributed by atoms with Crippen LogP contribution in [0.3, 0.4) is 0 Å². The van der Waals surface area contributed by atoms with Crippen LogP contribution < -0.4 is 10.5 Å². The number of nitrogens with two attached hydrogens (primary N) is 1. The molecule has 0 bridgehead atoms. The number of rotatable bonds is 5. The van der Waals surface area contributed by atoms with Crippen molar-refractivity contribution in [2.45, 2.75) is 46.3 Å². The summed E-state index contributed by atoms with van der Waals surface area (Å²) in [7, 11) is 0. The second-order valence-corrected chi connectivity index (χ2v) is 5.89. The molecule has 0 aliphatic carbocycles. The van der Waals surface area contributed by atoms with E-state index in [2.05, 4.69) is 36.7 Å². The Balaban J connectivity index is 2.72. The zero-order chi connectivity index (χ0) is 13.0. The third kappa shape index (κ3) is 4.68. The highest BCUT2D eigenvalue weighted by molar-refractivity contribution is 9.10. The molecule has 3 heteroatoms. The summed E-state index contributed by atoms with van der Waals surface area (Å²) >= 11 is 3.53. The molecule has 1 aromatic rings. The molecule has 0 aliphatic rings. The molecule has 0 aromatic heterocycles. The highest BCUT2D eigenvalue weighted by Crippen LogP contribution is 2.29. The molecule has 2 atom stereocenters. The van der Waals surface area contributed by atoms with E-state index in [9.17, 15) is 0 Å². The van der Waals surface area contributed by atoms with Crippen molar-refractivity contribution in [3.63, 3.8) is 0 Å². The van der Waals surface area contributed by atoms with Gasteiger partial charge < -0.3 is 10.5 Å². The Hall–Kier alpha value is -0.540. The van der Waals surface area contributed by atoms with Crippen LogP contribution in [0.25, 0.3) is 0 Å². The molecule has 17 heavy (non-hydrogen) atoms. The second-order valence-electron chi connectivity index (χ2n) is 5.04. The van der Waals surface area contributed by atoms with Gasteiger partial charge in [0.05, 0.1) is 10.6 Å². The Morgan fingerprint density at radius 1 is 1.24 bits per heavy atom. The van der Waals surface area contributed by atoms with Gasteiger partial charge in [0.1, 0.15) is 5.75 Å². The van der Waals surface area contributed by atoms with Gasteiger partial charge in [-0.15, -0.1) is 0 Å². The summed E-state index contributed by atoms with van der Waals surface area (Å²) in [6, 6.07) is 6.09. The van der Waals surface area contributed by atoms with E-state index in [1.807, 2.05) is 25.1 Å². The molecule has 1 unspecified atom stereocenters. The summed E-state index contributed by atoms with van der Waals surface area (Å²) in [4.78, 5) is 0. The molecule has 0 heterocycles. The summed E-state index contributed by atoms with van der Waals surface area (Å²) < 4.78 is 6.88. The lowest BCUT2D eigenvalue weighted by molar-refractivity contribution is 0.192. The molecule has 96 valence electrons. The predicted molar refractivity (Wildman–Crippen MR) is 76.3 cm³/mol. The quantitative estimate of drug-likeness (QED) is 0.880. The number of hydrogen-bond donors (Lipinski definition) is 1. The van der Waals surface area contributed by atoms with Crippen LogP contribution >= 0.6 is 15.9 Å². The summed E-state index contributed by atoms with van der Waals surface area (Å²) in [5.41, 5.74) is 6.95. The van der Waals surface area contributed by atoms with E-state index in [4.69, 9.17) is 10.5 Å². The van der Waals surface area contributed by atoms with Gasteiger partial charge in [-0.25, -0.2) is 0 Å². The van der Waals surface area contributed by atoms with Crippen LogP contribution in [0.15, 0.2) is 22.7 Å². The molecule has 0 fully saturated rings. The lowest BCUT2D eigenvalue weighted by Crippen LogP contribution is -2.15. The summed E-state index contributed by atoms with van der Waals surface area (Å²) in [6.07, 6.45) is 1.29. The largest absolute Gasteiger partial charge is 0.490 e. The number of benzene rings is 1. The Morgan fingerprint density at radius 2 is 1.88 bits per heavy atom. The molecule has 0 saturated carbocycles. The molecular weight excluding hydrogens is 278 g/mol. The molecule has 0 amide bonds. The normalized spacial score (nSPS) is 14.8. The minimum Gasteiger partial charge on any atom is -0.490 e. The van der Waals surface area contributed by atoms with Crippen molar-refractivity contribution in [3.05, 3.63) is 28.2 Å². The molecule has 0 saturated heterocycles. The van der Waals surface area contributed by atoms with E-state index in [0.717, 1.165) is 22.2 Å². The highest BCUT2D eigenvalue weighted by atomic mass is 79.9. The van der Waals surface area contributed by atoms with Crippen LogP contribution in [0.4, 0.5) is 0 Å². The Kier molecular flexibility index (Phi) is 5.47. The van der Waals surface area contributed by atoms with Gasteiger partial charge in [-0.05, 0) is 59.8 Å². The van der Waals surface area contributed by atoms with Crippen molar-refractivity contribution in [2.75, 3.05) is 0 Å². The van der Waals surface area contributed by atoms with Crippen molar-refractivity contribution >= 4 is 15.9 Å². The van der Waals surface area contributed by atoms with Crippen molar-refractivity contribution in [3.8, 4) is 5.75 Å². The first kappa shape index (κ1) is 14.5. The number of hydrogen-bond acceptors (Lipinski definition) is 2. The fraction of sp³-hybridized carbons (Fsp3) is 0.571. The Labute approximate surface area is 113 Å². The molecule has 0 aliphatic heterocycles. The van der Waals surface area contributed by atoms with Gasteiger partial charge in [-0.3, -0.25) is 0 Å². The smallest absolute Gasteiger partial charge is 0.133 e. The standard InChI is InChI=1S/C14H22BrNO/c1-9(2)7-10(3)17-14-6-5-12(11(4)16)8-13(14)15/h5-6,8-11H,7,16H2,1-4H3/t10?,11-/m1/s1. The SMILES string of the molecule is CC(C)CC(C)Oc1ccc([C@@H](C)N)cc1Br. The second kappa shape index (κ2) is 6.41. The van der Waals surface area contributed by atoms with Crippen LogP contribution in [0.2, 0.25) is 0 Å². The van der Waals surface area contributed by atoms with Crippen molar-refractivity contribution in [2.24, 2.45) is 11.7 Å². The molecular formula is C14H22BrNO. The third-order valence-corrected chi connectivity index (χ3v) is 3.23. The average Bonchev–Trinajstić information content (AvgIpc) is 2.19. The minimum atomic E-state index is 0.0495. The average molecular weight is 300 g/mol. The van der Waals surface area contributed by atoms with Crippen LogP contribution in [-0.4, -0.2) is 6.10 Å². The molecule has 1 aromatic carbocycles. The number of halogens is 1. The van der Waals surface area contributed by atoms with Crippen LogP contribution in [-0.2, 0) is 0 Å². The molecule has 2 N–H and O–H groups in total. The monoisotopic (exact) mass is 299 g/mol. The van der Waals surface area contributed by atoms with Gasteiger partial charge in [0.15, 0.2) is 0 Å². The van der Waals surface area contributed by atoms with Crippen LogP contribution in [0, 0.1) is 5.92 Å². The first-order valence-corrected chi connectivity index (χ1v) is 6.91. The van der Waals surface area contributed by atoms with Gasteiger partial charge in [0, 0.05) is 6.04 Å². The van der Waals surface area contributed by atoms with Gasteiger partial charge in [-0.2, -0.15) is 0 Å². The number of ether oxygens (including phenoxy) is 1. The fourth-order valence-electron chi connectivity index (χ4n) is 1.82. The van der Waals surface area contributed by atoms with Gasteiger partial charge in [-0.1, -0.05) is 19.9 Å². The maximum atomic E-state index is 5.90. The third-order valence-electron chi connectivity index (χ3n) is 2.61. The van der Waals surface area contributed by atoms with E-state index < -0.39 is 0 Å². The van der Waals surface area contributed by atoms with Crippen LogP contribution in [0.1, 0.15) is 45.7 Å². The van der Waals surface area contributed by atoms with Gasteiger partial charge in [0.25, 0.3) is 0 Å². The summed E-state index contributed by atoms with van der Waals surface area (Å²) in [6.45, 7) is 8.48. The molecule has 0 spiro atoms. The van der Waals surface area contributed by atoms with Crippen molar-refractivity contribution in [1.29, 1.82) is 0 Å².